The number of hydrogen-bond donors (Lipinski definition) is 3. The molecule has 2 unspecified atom stereocenters. The van der Waals surface area contributed by atoms with Crippen molar-refractivity contribution in [2.75, 3.05) is 27.5 Å². The van der Waals surface area contributed by atoms with E-state index in [4.69, 9.17) is 18.9 Å². The molecule has 0 radical (unpaired) electrons. The first-order valence-electron chi connectivity index (χ1n) is 18.4. The Bertz CT molecular complexity index is 2240. The number of ether oxygens (including phenoxy) is 4. The number of methoxy groups -OCH3 is 1. The molecule has 0 saturated carbocycles. The highest BCUT2D eigenvalue weighted by molar-refractivity contribution is 5.95. The Hall–Kier alpha value is -5.79. The van der Waals surface area contributed by atoms with Gasteiger partial charge in [0.2, 0.25) is 18.6 Å². The number of carbonyl (C=O) groups is 3. The maximum Gasteiger partial charge on any atom is 0.416 e. The number of aromatic hydroxyl groups is 1. The van der Waals surface area contributed by atoms with Gasteiger partial charge in [-0.05, 0) is 75.6 Å². The van der Waals surface area contributed by atoms with E-state index in [1.807, 2.05) is 24.9 Å². The van der Waals surface area contributed by atoms with Gasteiger partial charge in [0.1, 0.15) is 17.8 Å². The Morgan fingerprint density at radius 1 is 1.11 bits per heavy atom. The van der Waals surface area contributed by atoms with Crippen LogP contribution in [0.5, 0.6) is 28.7 Å². The van der Waals surface area contributed by atoms with E-state index in [1.165, 1.54) is 39.2 Å². The summed E-state index contributed by atoms with van der Waals surface area (Å²) in [6.45, 7) is 6.18. The molecule has 3 aromatic rings. The molecule has 4 aliphatic rings. The van der Waals surface area contributed by atoms with Gasteiger partial charge in [0.25, 0.3) is 0 Å². The fraction of sp³-hybridized carbons (Fsp3) is 0.415. The predicted molar refractivity (Wildman–Crippen MR) is 199 cm³/mol. The van der Waals surface area contributed by atoms with Crippen LogP contribution in [0.2, 0.25) is 0 Å². The number of fused-ring (bicyclic) bond motifs is 9. The SMILES string of the molecule is COc1c(C)cc2c(c1O)C1[C@@H]3Cc4c(OC(C)=O)c(C)c5c(c4[C@H](CNC(=O)[C@@H](C)NC(=O)/C=C/c4cccc(C(F)(F)F)c4)N3[C@@H](C#N)C(C2)N1C)OCO5. The van der Waals surface area contributed by atoms with Crippen LogP contribution < -0.4 is 29.6 Å². The Balaban J connectivity index is 1.25. The Morgan fingerprint density at radius 2 is 1.84 bits per heavy atom. The standard InChI is InChI=1S/C41H42F3N5O8/c1-19-12-24-14-27-29(16-45)49-28(34(48(27)5)32(24)35(52)36(19)54-6)15-26-33(39-38(55-18-56-39)20(2)37(26)57-22(4)50)30(49)17-46-40(53)21(3)47-31(51)11-10-23-8-7-9-25(13-23)41(42,43)44/h7-13,21,27-30,34,52H,14-15,17-18H2,1-6H3,(H,46,53)(H,47,51)/b11-10+/t21-,27?,28+,29+,30+,34?/m1/s1. The van der Waals surface area contributed by atoms with Crippen LogP contribution in [0.4, 0.5) is 13.2 Å². The van der Waals surface area contributed by atoms with Crippen LogP contribution >= 0.6 is 0 Å². The minimum absolute atomic E-state index is 0.00237. The zero-order chi connectivity index (χ0) is 41.1. The Kier molecular flexibility index (Phi) is 10.3. The highest BCUT2D eigenvalue weighted by atomic mass is 19.4. The van der Waals surface area contributed by atoms with Gasteiger partial charge in [-0.3, -0.25) is 24.2 Å². The second kappa shape index (κ2) is 14.9. The molecule has 57 heavy (non-hydrogen) atoms. The molecule has 16 heteroatoms. The van der Waals surface area contributed by atoms with Gasteiger partial charge in [-0.15, -0.1) is 0 Å². The molecule has 4 aliphatic heterocycles. The summed E-state index contributed by atoms with van der Waals surface area (Å²) in [5.74, 6) is -0.439. The molecule has 0 aliphatic carbocycles. The van der Waals surface area contributed by atoms with Crippen LogP contribution in [0.1, 0.15) is 70.4 Å². The maximum absolute atomic E-state index is 13.7. The minimum atomic E-state index is -4.55. The topological polar surface area (TPSA) is 163 Å². The van der Waals surface area contributed by atoms with Crippen LogP contribution in [0.3, 0.4) is 0 Å². The number of esters is 1. The van der Waals surface area contributed by atoms with Crippen LogP contribution in [0, 0.1) is 25.2 Å². The second-order valence-electron chi connectivity index (χ2n) is 14.8. The number of nitrogens with one attached hydrogen (secondary N) is 2. The molecule has 7 rings (SSSR count). The summed E-state index contributed by atoms with van der Waals surface area (Å²) in [4.78, 5) is 43.2. The zero-order valence-corrected chi connectivity index (χ0v) is 32.1. The first-order chi connectivity index (χ1) is 27.0. The lowest BCUT2D eigenvalue weighted by atomic mass is 9.71. The van der Waals surface area contributed by atoms with E-state index in [2.05, 4.69) is 21.6 Å². The number of nitriles is 1. The summed E-state index contributed by atoms with van der Waals surface area (Å²) in [5, 5.41) is 28.1. The van der Waals surface area contributed by atoms with Gasteiger partial charge >= 0.3 is 12.1 Å². The average Bonchev–Trinajstić information content (AvgIpc) is 3.65. The molecule has 3 aromatic carbocycles. The van der Waals surface area contributed by atoms with Crippen molar-refractivity contribution in [3.63, 3.8) is 0 Å². The van der Waals surface area contributed by atoms with Gasteiger partial charge in [0.15, 0.2) is 23.0 Å². The summed E-state index contributed by atoms with van der Waals surface area (Å²) in [6.07, 6.45) is -1.58. The number of nitrogens with zero attached hydrogens (tertiary/aromatic N) is 3. The molecule has 1 saturated heterocycles. The van der Waals surface area contributed by atoms with Gasteiger partial charge in [0.05, 0.1) is 30.8 Å². The summed E-state index contributed by atoms with van der Waals surface area (Å²) in [5.41, 5.74) is 3.35. The van der Waals surface area contributed by atoms with Gasteiger partial charge in [0, 0.05) is 53.9 Å². The highest BCUT2D eigenvalue weighted by Crippen LogP contribution is 2.58. The smallest absolute Gasteiger partial charge is 0.416 e. The van der Waals surface area contributed by atoms with Crippen molar-refractivity contribution < 1.29 is 51.6 Å². The fourth-order valence-electron chi connectivity index (χ4n) is 8.98. The van der Waals surface area contributed by atoms with E-state index in [-0.39, 0.29) is 42.9 Å². The van der Waals surface area contributed by atoms with E-state index in [0.29, 0.717) is 45.9 Å². The fourth-order valence-corrected chi connectivity index (χ4v) is 8.98. The van der Waals surface area contributed by atoms with Gasteiger partial charge in [-0.1, -0.05) is 18.2 Å². The third-order valence-corrected chi connectivity index (χ3v) is 11.4. The molecule has 3 N–H and O–H groups in total. The van der Waals surface area contributed by atoms with Gasteiger partial charge in [-0.25, -0.2) is 0 Å². The number of aryl methyl sites for hydroxylation is 1. The summed E-state index contributed by atoms with van der Waals surface area (Å²) in [7, 11) is 3.41. The van der Waals surface area contributed by atoms with Crippen molar-refractivity contribution in [2.24, 2.45) is 0 Å². The van der Waals surface area contributed by atoms with Crippen molar-refractivity contribution in [1.82, 2.24) is 20.4 Å². The summed E-state index contributed by atoms with van der Waals surface area (Å²) in [6, 6.07) is 5.14. The minimum Gasteiger partial charge on any atom is -0.504 e. The molecule has 1 fully saturated rings. The van der Waals surface area contributed by atoms with Crippen molar-refractivity contribution in [3.05, 3.63) is 80.9 Å². The lowest BCUT2D eigenvalue weighted by molar-refractivity contribution is -0.137. The molecule has 2 amide bonds. The third-order valence-electron chi connectivity index (χ3n) is 11.4. The first-order valence-corrected chi connectivity index (χ1v) is 18.4. The molecule has 2 bridgehead atoms. The lowest BCUT2D eigenvalue weighted by Gasteiger charge is -2.60. The van der Waals surface area contributed by atoms with Gasteiger partial charge in [-0.2, -0.15) is 18.4 Å². The van der Waals surface area contributed by atoms with Crippen LogP contribution in [-0.2, 0) is 33.4 Å². The van der Waals surface area contributed by atoms with E-state index >= 15 is 0 Å². The molecular weight excluding hydrogens is 747 g/mol. The summed E-state index contributed by atoms with van der Waals surface area (Å²) < 4.78 is 63.0. The Labute approximate surface area is 326 Å². The number of phenols is 1. The molecule has 0 spiro atoms. The van der Waals surface area contributed by atoms with Crippen LogP contribution in [-0.4, -0.2) is 84.4 Å². The molecular formula is C41H42F3N5O8. The van der Waals surface area contributed by atoms with E-state index in [0.717, 1.165) is 29.3 Å². The van der Waals surface area contributed by atoms with Crippen molar-refractivity contribution in [2.45, 2.75) is 83.0 Å². The number of rotatable bonds is 8. The molecule has 0 aromatic heterocycles. The van der Waals surface area contributed by atoms with Crippen molar-refractivity contribution in [1.29, 1.82) is 5.26 Å². The van der Waals surface area contributed by atoms with Crippen molar-refractivity contribution >= 4 is 23.9 Å². The van der Waals surface area contributed by atoms with E-state index in [9.17, 15) is 37.9 Å². The number of benzene rings is 3. The number of alkyl halides is 3. The number of carbonyl (C=O) groups excluding carboxylic acids is 3. The number of halogens is 3. The zero-order valence-electron chi connectivity index (χ0n) is 32.1. The quantitative estimate of drug-likeness (QED) is 0.163. The number of piperazine rings is 1. The number of likely N-dealkylation sites (N-methyl/N-ethyl adjacent to an activating group) is 1. The first kappa shape index (κ1) is 39.4. The number of phenolic OH excluding ortho intramolecular Hbond substituents is 1. The predicted octanol–water partition coefficient (Wildman–Crippen LogP) is 4.80. The average molecular weight is 790 g/mol. The van der Waals surface area contributed by atoms with Crippen LogP contribution in [0.25, 0.3) is 6.08 Å². The molecule has 6 atom stereocenters. The van der Waals surface area contributed by atoms with E-state index in [1.54, 1.807) is 6.92 Å². The molecule has 4 heterocycles. The summed E-state index contributed by atoms with van der Waals surface area (Å²) >= 11 is 0. The van der Waals surface area contributed by atoms with Gasteiger partial charge < -0.3 is 34.7 Å². The maximum atomic E-state index is 13.7. The largest absolute Gasteiger partial charge is 0.504 e. The molecule has 13 nitrogen and oxygen atoms in total. The molecule has 300 valence electrons. The Morgan fingerprint density at radius 3 is 2.53 bits per heavy atom. The number of hydrogen-bond acceptors (Lipinski definition) is 11. The normalized spacial score (nSPS) is 22.8. The van der Waals surface area contributed by atoms with E-state index < -0.39 is 59.7 Å². The second-order valence-corrected chi connectivity index (χ2v) is 14.8. The monoisotopic (exact) mass is 789 g/mol. The van der Waals surface area contributed by atoms with Crippen molar-refractivity contribution in [3.8, 4) is 34.8 Å². The highest BCUT2D eigenvalue weighted by Gasteiger charge is 2.57. The third kappa shape index (κ3) is 6.88. The van der Waals surface area contributed by atoms with Crippen LogP contribution in [0.15, 0.2) is 36.4 Å². The number of amides is 2. The lowest BCUT2D eigenvalue weighted by Crippen LogP contribution is -2.69.